The number of ether oxygens (including phenoxy) is 1. The molecule has 4 atom stereocenters. The SMILES string of the molecule is O=C(O)[C@@H]1[C@H](C(=O)Nc2ccccc2Oc2ccc(Cl)cc2Cl)[C@H]2C=C[C@H]1C2. The molecule has 1 saturated carbocycles. The Labute approximate surface area is 171 Å². The van der Waals surface area contributed by atoms with Gasteiger partial charge in [0, 0.05) is 5.02 Å². The van der Waals surface area contributed by atoms with Crippen LogP contribution in [0.4, 0.5) is 5.69 Å². The number of benzene rings is 2. The van der Waals surface area contributed by atoms with E-state index in [2.05, 4.69) is 5.32 Å². The molecule has 5 nitrogen and oxygen atoms in total. The Morgan fingerprint density at radius 1 is 1.00 bits per heavy atom. The molecule has 0 heterocycles. The van der Waals surface area contributed by atoms with E-state index < -0.39 is 17.8 Å². The van der Waals surface area contributed by atoms with Crippen molar-refractivity contribution in [1.29, 1.82) is 0 Å². The summed E-state index contributed by atoms with van der Waals surface area (Å²) < 4.78 is 5.86. The normalized spacial score (nSPS) is 24.9. The van der Waals surface area contributed by atoms with Crippen LogP contribution in [0.2, 0.25) is 10.0 Å². The number of anilines is 1. The number of carboxylic acids is 1. The maximum Gasteiger partial charge on any atom is 0.307 e. The van der Waals surface area contributed by atoms with Gasteiger partial charge in [-0.3, -0.25) is 9.59 Å². The zero-order valence-electron chi connectivity index (χ0n) is 14.6. The number of carboxylic acid groups (broad SMARTS) is 1. The van der Waals surface area contributed by atoms with Gasteiger partial charge in [0.25, 0.3) is 0 Å². The lowest BCUT2D eigenvalue weighted by atomic mass is 9.82. The van der Waals surface area contributed by atoms with Crippen LogP contribution in [0.1, 0.15) is 6.42 Å². The van der Waals surface area contributed by atoms with Crippen molar-refractivity contribution in [2.24, 2.45) is 23.7 Å². The third kappa shape index (κ3) is 3.48. The molecule has 28 heavy (non-hydrogen) atoms. The summed E-state index contributed by atoms with van der Waals surface area (Å²) in [5, 5.41) is 13.2. The highest BCUT2D eigenvalue weighted by Crippen LogP contribution is 2.48. The van der Waals surface area contributed by atoms with Gasteiger partial charge in [0.15, 0.2) is 5.75 Å². The molecule has 0 unspecified atom stereocenters. The molecular weight excluding hydrogens is 401 g/mol. The van der Waals surface area contributed by atoms with E-state index in [0.29, 0.717) is 33.7 Å². The van der Waals surface area contributed by atoms with Crippen molar-refractivity contribution >= 4 is 40.8 Å². The van der Waals surface area contributed by atoms with Crippen LogP contribution in [0.25, 0.3) is 0 Å². The lowest BCUT2D eigenvalue weighted by Crippen LogP contribution is -2.36. The van der Waals surface area contributed by atoms with Crippen LogP contribution in [-0.2, 0) is 9.59 Å². The van der Waals surface area contributed by atoms with Gasteiger partial charge in [-0.1, -0.05) is 47.5 Å². The average Bonchev–Trinajstić information content (AvgIpc) is 3.27. The lowest BCUT2D eigenvalue weighted by Gasteiger charge is -2.24. The summed E-state index contributed by atoms with van der Waals surface area (Å²) in [6.45, 7) is 0. The van der Waals surface area contributed by atoms with E-state index in [1.165, 1.54) is 0 Å². The zero-order valence-corrected chi connectivity index (χ0v) is 16.2. The minimum Gasteiger partial charge on any atom is -0.481 e. The number of amides is 1. The second-order valence-corrected chi connectivity index (χ2v) is 7.84. The van der Waals surface area contributed by atoms with Crippen molar-refractivity contribution in [3.05, 3.63) is 64.7 Å². The van der Waals surface area contributed by atoms with E-state index in [9.17, 15) is 14.7 Å². The molecule has 7 heteroatoms. The second-order valence-electron chi connectivity index (χ2n) is 7.00. The van der Waals surface area contributed by atoms with Crippen molar-refractivity contribution in [2.45, 2.75) is 6.42 Å². The van der Waals surface area contributed by atoms with Gasteiger partial charge in [0.2, 0.25) is 5.91 Å². The van der Waals surface area contributed by atoms with Crippen molar-refractivity contribution in [3.63, 3.8) is 0 Å². The number of carbonyl (C=O) groups is 2. The largest absolute Gasteiger partial charge is 0.481 e. The summed E-state index contributed by atoms with van der Waals surface area (Å²) in [5.41, 5.74) is 0.453. The Morgan fingerprint density at radius 3 is 2.43 bits per heavy atom. The minimum atomic E-state index is -0.936. The van der Waals surface area contributed by atoms with Gasteiger partial charge in [-0.2, -0.15) is 0 Å². The molecule has 2 aliphatic carbocycles. The predicted molar refractivity (Wildman–Crippen MR) is 107 cm³/mol. The number of nitrogens with one attached hydrogen (secondary N) is 1. The smallest absolute Gasteiger partial charge is 0.307 e. The fourth-order valence-electron chi connectivity index (χ4n) is 4.07. The molecule has 2 aromatic carbocycles. The molecule has 4 rings (SSSR count). The molecule has 1 amide bonds. The van der Waals surface area contributed by atoms with Crippen molar-refractivity contribution in [3.8, 4) is 11.5 Å². The first-order valence-electron chi connectivity index (χ1n) is 8.88. The number of aliphatic carboxylic acids is 1. The first kappa shape index (κ1) is 18.8. The van der Waals surface area contributed by atoms with E-state index in [0.717, 1.165) is 0 Å². The minimum absolute atomic E-state index is 0.0510. The van der Waals surface area contributed by atoms with Gasteiger partial charge >= 0.3 is 5.97 Å². The van der Waals surface area contributed by atoms with Crippen LogP contribution in [0.15, 0.2) is 54.6 Å². The fraction of sp³-hybridized carbons (Fsp3) is 0.238. The number of para-hydroxylation sites is 2. The summed E-state index contributed by atoms with van der Waals surface area (Å²) >= 11 is 12.1. The van der Waals surface area contributed by atoms with Gasteiger partial charge in [0.05, 0.1) is 22.5 Å². The summed E-state index contributed by atoms with van der Waals surface area (Å²) in [4.78, 5) is 24.6. The maximum atomic E-state index is 12.9. The van der Waals surface area contributed by atoms with E-state index >= 15 is 0 Å². The van der Waals surface area contributed by atoms with Crippen molar-refractivity contribution < 1.29 is 19.4 Å². The summed E-state index contributed by atoms with van der Waals surface area (Å²) in [5.74, 6) is -1.88. The summed E-state index contributed by atoms with van der Waals surface area (Å²) in [7, 11) is 0. The number of halogens is 2. The van der Waals surface area contributed by atoms with E-state index in [-0.39, 0.29) is 17.7 Å². The Kier molecular flexibility index (Phi) is 5.04. The molecule has 0 aliphatic heterocycles. The Hall–Kier alpha value is -2.50. The summed E-state index contributed by atoms with van der Waals surface area (Å²) in [6.07, 6.45) is 4.56. The van der Waals surface area contributed by atoms with Crippen molar-refractivity contribution in [2.75, 3.05) is 5.32 Å². The first-order chi connectivity index (χ1) is 13.4. The molecule has 0 radical (unpaired) electrons. The number of allylic oxidation sites excluding steroid dienone is 2. The maximum absolute atomic E-state index is 12.9. The van der Waals surface area contributed by atoms with Gasteiger partial charge in [-0.25, -0.2) is 0 Å². The van der Waals surface area contributed by atoms with Crippen LogP contribution >= 0.6 is 23.2 Å². The number of fused-ring (bicyclic) bond motifs is 2. The van der Waals surface area contributed by atoms with Crippen LogP contribution < -0.4 is 10.1 Å². The van der Waals surface area contributed by atoms with Gasteiger partial charge in [-0.05, 0) is 48.6 Å². The molecular formula is C21H17Cl2NO4. The van der Waals surface area contributed by atoms with Crippen LogP contribution in [-0.4, -0.2) is 17.0 Å². The third-order valence-corrected chi connectivity index (χ3v) is 5.84. The molecule has 0 saturated heterocycles. The molecule has 2 aromatic rings. The molecule has 0 aromatic heterocycles. The molecule has 1 fully saturated rings. The lowest BCUT2D eigenvalue weighted by molar-refractivity contribution is -0.146. The quantitative estimate of drug-likeness (QED) is 0.651. The molecule has 0 spiro atoms. The number of hydrogen-bond acceptors (Lipinski definition) is 3. The topological polar surface area (TPSA) is 75.6 Å². The van der Waals surface area contributed by atoms with E-state index in [1.54, 1.807) is 42.5 Å². The highest BCUT2D eigenvalue weighted by molar-refractivity contribution is 6.35. The van der Waals surface area contributed by atoms with Crippen LogP contribution in [0.3, 0.4) is 0 Å². The Morgan fingerprint density at radius 2 is 1.71 bits per heavy atom. The van der Waals surface area contributed by atoms with E-state index in [1.807, 2.05) is 12.2 Å². The van der Waals surface area contributed by atoms with Crippen LogP contribution in [0, 0.1) is 23.7 Å². The van der Waals surface area contributed by atoms with Gasteiger partial charge in [-0.15, -0.1) is 0 Å². The second kappa shape index (κ2) is 7.49. The highest BCUT2D eigenvalue weighted by atomic mass is 35.5. The monoisotopic (exact) mass is 417 g/mol. The summed E-state index contributed by atoms with van der Waals surface area (Å²) in [6, 6.07) is 11.8. The van der Waals surface area contributed by atoms with E-state index in [4.69, 9.17) is 27.9 Å². The predicted octanol–water partition coefficient (Wildman–Crippen LogP) is 5.25. The fourth-order valence-corrected chi connectivity index (χ4v) is 4.51. The average molecular weight is 418 g/mol. The molecule has 2 aliphatic rings. The Balaban J connectivity index is 1.56. The first-order valence-corrected chi connectivity index (χ1v) is 9.63. The number of hydrogen-bond donors (Lipinski definition) is 2. The highest BCUT2D eigenvalue weighted by Gasteiger charge is 2.51. The zero-order chi connectivity index (χ0) is 19.8. The standard InChI is InChI=1S/C21H17Cl2NO4/c22-13-7-8-16(14(23)10-13)28-17-4-2-1-3-15(17)24-20(25)18-11-5-6-12(9-11)19(18)21(26)27/h1-8,10-12,18-19H,9H2,(H,24,25)(H,26,27)/t11-,12-,18+,19-/m0/s1. The van der Waals surface area contributed by atoms with Crippen molar-refractivity contribution in [1.82, 2.24) is 0 Å². The number of rotatable bonds is 5. The van der Waals surface area contributed by atoms with Gasteiger partial charge in [0.1, 0.15) is 5.75 Å². The third-order valence-electron chi connectivity index (χ3n) is 5.31. The molecule has 2 bridgehead atoms. The van der Waals surface area contributed by atoms with Gasteiger partial charge < -0.3 is 15.2 Å². The van der Waals surface area contributed by atoms with Crippen LogP contribution in [0.5, 0.6) is 11.5 Å². The Bertz CT molecular complexity index is 975. The molecule has 2 N–H and O–H groups in total. The number of carbonyl (C=O) groups excluding carboxylic acids is 1. The molecule has 144 valence electrons.